The van der Waals surface area contributed by atoms with Crippen molar-refractivity contribution in [2.75, 3.05) is 5.75 Å². The molecule has 0 spiro atoms. The van der Waals surface area contributed by atoms with Gasteiger partial charge in [-0.3, -0.25) is 4.57 Å². The first-order valence-corrected chi connectivity index (χ1v) is 9.26. The molecule has 27 heavy (non-hydrogen) atoms. The molecule has 0 radical (unpaired) electrons. The van der Waals surface area contributed by atoms with E-state index in [2.05, 4.69) is 26.1 Å². The average molecular weight is 457 g/mol. The number of alkyl halides is 3. The number of benzene rings is 2. The van der Waals surface area contributed by atoms with Gasteiger partial charge in [-0.15, -0.1) is 10.2 Å². The zero-order valence-electron chi connectivity index (χ0n) is 13.4. The Balaban J connectivity index is 2.18. The lowest BCUT2D eigenvalue weighted by atomic mass is 10.1. The molecule has 0 amide bonds. The zero-order valence-corrected chi connectivity index (χ0v) is 15.8. The number of thioether (sulfide) groups is 1. The SMILES string of the molecule is O=C([O-])CSc1nnc(-c2ccccc2Br)n1-c1cccc(C(F)(F)F)c1. The van der Waals surface area contributed by atoms with Gasteiger partial charge in [0.2, 0.25) is 0 Å². The summed E-state index contributed by atoms with van der Waals surface area (Å²) in [7, 11) is 0. The lowest BCUT2D eigenvalue weighted by Gasteiger charge is -2.14. The van der Waals surface area contributed by atoms with Gasteiger partial charge in [-0.2, -0.15) is 13.2 Å². The van der Waals surface area contributed by atoms with Gasteiger partial charge in [-0.05, 0) is 24.3 Å². The van der Waals surface area contributed by atoms with Crippen LogP contribution in [0.5, 0.6) is 0 Å². The molecule has 0 aliphatic heterocycles. The Bertz CT molecular complexity index is 992. The van der Waals surface area contributed by atoms with E-state index in [1.807, 2.05) is 0 Å². The van der Waals surface area contributed by atoms with Gasteiger partial charge in [0.1, 0.15) is 0 Å². The molecule has 0 aliphatic carbocycles. The Morgan fingerprint density at radius 3 is 2.56 bits per heavy atom. The van der Waals surface area contributed by atoms with Gasteiger partial charge < -0.3 is 9.90 Å². The van der Waals surface area contributed by atoms with Crippen LogP contribution in [-0.2, 0) is 11.0 Å². The van der Waals surface area contributed by atoms with Crippen LogP contribution in [0.3, 0.4) is 0 Å². The Labute approximate surface area is 164 Å². The van der Waals surface area contributed by atoms with Crippen molar-refractivity contribution in [2.24, 2.45) is 0 Å². The molecule has 1 heterocycles. The molecule has 5 nitrogen and oxygen atoms in total. The second-order valence-corrected chi connectivity index (χ2v) is 7.13. The largest absolute Gasteiger partial charge is 0.549 e. The maximum absolute atomic E-state index is 13.1. The van der Waals surface area contributed by atoms with E-state index in [1.165, 1.54) is 16.7 Å². The van der Waals surface area contributed by atoms with Crippen molar-refractivity contribution < 1.29 is 23.1 Å². The molecule has 2 aromatic carbocycles. The van der Waals surface area contributed by atoms with Crippen molar-refractivity contribution in [2.45, 2.75) is 11.3 Å². The molecule has 140 valence electrons. The highest BCUT2D eigenvalue weighted by atomic mass is 79.9. The number of carbonyl (C=O) groups excluding carboxylic acids is 1. The molecule has 1 aromatic heterocycles. The van der Waals surface area contributed by atoms with E-state index in [1.54, 1.807) is 24.3 Å². The van der Waals surface area contributed by atoms with Crippen LogP contribution in [0.15, 0.2) is 58.2 Å². The molecule has 3 rings (SSSR count). The predicted molar refractivity (Wildman–Crippen MR) is 95.2 cm³/mol. The van der Waals surface area contributed by atoms with Crippen LogP contribution in [0.25, 0.3) is 17.1 Å². The minimum absolute atomic E-state index is 0.143. The van der Waals surface area contributed by atoms with Crippen LogP contribution < -0.4 is 5.11 Å². The fraction of sp³-hybridized carbons (Fsp3) is 0.118. The standard InChI is InChI=1S/C17H11BrF3N3O2S/c18-13-7-2-1-6-12(13)15-22-23-16(27-9-14(25)26)24(15)11-5-3-4-10(8-11)17(19,20)21/h1-8H,9H2,(H,25,26)/p-1. The van der Waals surface area contributed by atoms with E-state index in [0.717, 1.165) is 23.9 Å². The fourth-order valence-electron chi connectivity index (χ4n) is 2.36. The first kappa shape index (κ1) is 19.4. The summed E-state index contributed by atoms with van der Waals surface area (Å²) < 4.78 is 41.4. The van der Waals surface area contributed by atoms with Crippen molar-refractivity contribution in [3.05, 3.63) is 58.6 Å². The van der Waals surface area contributed by atoms with Crippen LogP contribution >= 0.6 is 27.7 Å². The molecule has 0 saturated carbocycles. The van der Waals surface area contributed by atoms with Crippen molar-refractivity contribution in [1.82, 2.24) is 14.8 Å². The number of hydrogen-bond donors (Lipinski definition) is 0. The molecule has 3 aromatic rings. The quantitative estimate of drug-likeness (QED) is 0.549. The van der Waals surface area contributed by atoms with Gasteiger partial charge in [0, 0.05) is 15.8 Å². The van der Waals surface area contributed by atoms with Gasteiger partial charge in [0.05, 0.1) is 17.2 Å². The van der Waals surface area contributed by atoms with Crippen LogP contribution in [0.1, 0.15) is 5.56 Å². The number of carbonyl (C=O) groups is 1. The number of rotatable bonds is 5. The van der Waals surface area contributed by atoms with Gasteiger partial charge >= 0.3 is 6.18 Å². The van der Waals surface area contributed by atoms with E-state index in [0.29, 0.717) is 10.0 Å². The Morgan fingerprint density at radius 1 is 1.15 bits per heavy atom. The summed E-state index contributed by atoms with van der Waals surface area (Å²) in [4.78, 5) is 10.8. The van der Waals surface area contributed by atoms with Crippen LogP contribution in [0, 0.1) is 0 Å². The van der Waals surface area contributed by atoms with E-state index in [-0.39, 0.29) is 16.7 Å². The minimum Gasteiger partial charge on any atom is -0.549 e. The molecule has 10 heteroatoms. The van der Waals surface area contributed by atoms with Crippen LogP contribution in [-0.4, -0.2) is 26.5 Å². The Morgan fingerprint density at radius 2 is 1.89 bits per heavy atom. The van der Waals surface area contributed by atoms with Gasteiger partial charge in [-0.25, -0.2) is 0 Å². The zero-order chi connectivity index (χ0) is 19.6. The van der Waals surface area contributed by atoms with E-state index < -0.39 is 23.5 Å². The molecule has 0 aliphatic rings. The van der Waals surface area contributed by atoms with Gasteiger partial charge in [0.25, 0.3) is 0 Å². The third-order valence-electron chi connectivity index (χ3n) is 3.50. The number of carboxylic acids is 1. The Hall–Kier alpha value is -2.33. The summed E-state index contributed by atoms with van der Waals surface area (Å²) in [6.45, 7) is 0. The third kappa shape index (κ3) is 4.33. The number of aromatic nitrogens is 3. The number of nitrogens with zero attached hydrogens (tertiary/aromatic N) is 3. The summed E-state index contributed by atoms with van der Waals surface area (Å²) in [5, 5.41) is 19.0. The summed E-state index contributed by atoms with van der Waals surface area (Å²) in [6, 6.07) is 11.7. The minimum atomic E-state index is -4.52. The van der Waals surface area contributed by atoms with Crippen molar-refractivity contribution >= 4 is 33.7 Å². The lowest BCUT2D eigenvalue weighted by molar-refractivity contribution is -0.301. The van der Waals surface area contributed by atoms with Gasteiger partial charge in [-0.1, -0.05) is 52.0 Å². The molecular weight excluding hydrogens is 447 g/mol. The fourth-order valence-corrected chi connectivity index (χ4v) is 3.49. The maximum atomic E-state index is 13.1. The third-order valence-corrected chi connectivity index (χ3v) is 5.09. The first-order chi connectivity index (χ1) is 12.8. The molecule has 0 bridgehead atoms. The number of carboxylic acid groups (broad SMARTS) is 1. The molecule has 0 N–H and O–H groups in total. The molecule has 0 fully saturated rings. The summed E-state index contributed by atoms with van der Waals surface area (Å²) in [6.07, 6.45) is -4.52. The average Bonchev–Trinajstić information content (AvgIpc) is 3.03. The van der Waals surface area contributed by atoms with Crippen molar-refractivity contribution in [3.8, 4) is 17.1 Å². The number of hydrogen-bond acceptors (Lipinski definition) is 5. The number of halogens is 4. The highest BCUT2D eigenvalue weighted by molar-refractivity contribution is 9.10. The molecule has 0 atom stereocenters. The summed E-state index contributed by atoms with van der Waals surface area (Å²) >= 11 is 4.20. The molecular formula is C17H10BrF3N3O2S-. The summed E-state index contributed by atoms with van der Waals surface area (Å²) in [5.74, 6) is -1.45. The maximum Gasteiger partial charge on any atom is 0.416 e. The second kappa shape index (κ2) is 7.73. The second-order valence-electron chi connectivity index (χ2n) is 5.33. The summed E-state index contributed by atoms with van der Waals surface area (Å²) in [5.41, 5.74) is -0.0632. The van der Waals surface area contributed by atoms with Crippen molar-refractivity contribution in [1.29, 1.82) is 0 Å². The van der Waals surface area contributed by atoms with E-state index in [9.17, 15) is 23.1 Å². The topological polar surface area (TPSA) is 70.8 Å². The number of aliphatic carboxylic acids is 1. The normalized spacial score (nSPS) is 11.6. The van der Waals surface area contributed by atoms with Crippen LogP contribution in [0.4, 0.5) is 13.2 Å². The highest BCUT2D eigenvalue weighted by Crippen LogP contribution is 2.35. The van der Waals surface area contributed by atoms with Crippen LogP contribution in [0.2, 0.25) is 0 Å². The molecule has 0 unspecified atom stereocenters. The highest BCUT2D eigenvalue weighted by Gasteiger charge is 2.31. The van der Waals surface area contributed by atoms with Gasteiger partial charge in [0.15, 0.2) is 11.0 Å². The van der Waals surface area contributed by atoms with Crippen molar-refractivity contribution in [3.63, 3.8) is 0 Å². The van der Waals surface area contributed by atoms with E-state index in [4.69, 9.17) is 0 Å². The first-order valence-electron chi connectivity index (χ1n) is 7.48. The Kier molecular flexibility index (Phi) is 5.56. The smallest absolute Gasteiger partial charge is 0.416 e. The lowest BCUT2D eigenvalue weighted by Crippen LogP contribution is -2.24. The monoisotopic (exact) mass is 456 g/mol. The molecule has 0 saturated heterocycles. The predicted octanol–water partition coefficient (Wildman–Crippen LogP) is 3.56. The van der Waals surface area contributed by atoms with E-state index >= 15 is 0 Å².